The third-order valence-electron chi connectivity index (χ3n) is 5.36. The van der Waals surface area contributed by atoms with E-state index in [2.05, 4.69) is 5.32 Å². The van der Waals surface area contributed by atoms with Crippen molar-refractivity contribution in [1.29, 1.82) is 0 Å². The SMILES string of the molecule is CCOC(Cc1ccc(OCCN(CCC(C)C)C(=O)Nc2ccccc2C(F)(F)F)cc1)C(=O)O. The number of carbonyl (C=O) groups is 2. The summed E-state index contributed by atoms with van der Waals surface area (Å²) < 4.78 is 50.8. The average molecular weight is 511 g/mol. The Labute approximate surface area is 209 Å². The second-order valence-electron chi connectivity index (χ2n) is 8.62. The van der Waals surface area contributed by atoms with Crippen LogP contribution in [0.3, 0.4) is 0 Å². The van der Waals surface area contributed by atoms with Crippen LogP contribution in [-0.2, 0) is 22.1 Å². The number of nitrogens with one attached hydrogen (secondary N) is 1. The first-order chi connectivity index (χ1) is 17.0. The highest BCUT2D eigenvalue weighted by Gasteiger charge is 2.34. The maximum atomic E-state index is 13.3. The highest BCUT2D eigenvalue weighted by atomic mass is 19.4. The zero-order valence-corrected chi connectivity index (χ0v) is 20.7. The number of halogens is 3. The standard InChI is InChI=1S/C26H33F3N2O5/c1-4-35-23(24(32)33)17-19-9-11-20(12-10-19)36-16-15-31(14-13-18(2)3)25(34)30-22-8-6-5-7-21(22)26(27,28)29/h5-12,18,23H,4,13-17H2,1-3H3,(H,30,34)(H,32,33). The van der Waals surface area contributed by atoms with Crippen LogP contribution >= 0.6 is 0 Å². The first-order valence-electron chi connectivity index (χ1n) is 11.8. The molecule has 0 fully saturated rings. The van der Waals surface area contributed by atoms with E-state index >= 15 is 0 Å². The number of nitrogens with zero attached hydrogens (tertiary/aromatic N) is 1. The van der Waals surface area contributed by atoms with Crippen molar-refractivity contribution in [1.82, 2.24) is 4.90 Å². The van der Waals surface area contributed by atoms with Crippen molar-refractivity contribution in [3.8, 4) is 5.75 Å². The smallest absolute Gasteiger partial charge is 0.418 e. The molecule has 7 nitrogen and oxygen atoms in total. The minimum Gasteiger partial charge on any atom is -0.492 e. The third-order valence-corrected chi connectivity index (χ3v) is 5.36. The minimum absolute atomic E-state index is 0.127. The Morgan fingerprint density at radius 3 is 2.31 bits per heavy atom. The molecule has 0 bridgehead atoms. The minimum atomic E-state index is -4.59. The zero-order valence-electron chi connectivity index (χ0n) is 20.7. The molecular weight excluding hydrogens is 477 g/mol. The number of urea groups is 1. The molecule has 0 spiro atoms. The molecule has 0 aliphatic heterocycles. The van der Waals surface area contributed by atoms with E-state index in [0.717, 1.165) is 11.6 Å². The molecule has 0 saturated heterocycles. The summed E-state index contributed by atoms with van der Waals surface area (Å²) in [6.45, 7) is 6.66. The summed E-state index contributed by atoms with van der Waals surface area (Å²) in [6.07, 6.45) is -4.63. The van der Waals surface area contributed by atoms with Gasteiger partial charge < -0.3 is 24.8 Å². The first-order valence-corrected chi connectivity index (χ1v) is 11.8. The van der Waals surface area contributed by atoms with Crippen molar-refractivity contribution in [3.63, 3.8) is 0 Å². The van der Waals surface area contributed by atoms with E-state index in [0.29, 0.717) is 31.2 Å². The lowest BCUT2D eigenvalue weighted by atomic mass is 10.1. The van der Waals surface area contributed by atoms with Gasteiger partial charge in [0.25, 0.3) is 0 Å². The Morgan fingerprint density at radius 1 is 1.06 bits per heavy atom. The third kappa shape index (κ3) is 9.41. The zero-order chi connectivity index (χ0) is 26.7. The number of amides is 2. The van der Waals surface area contributed by atoms with E-state index in [1.54, 1.807) is 31.2 Å². The van der Waals surface area contributed by atoms with Gasteiger partial charge in [-0.1, -0.05) is 38.1 Å². The molecule has 2 aromatic rings. The van der Waals surface area contributed by atoms with Crippen LogP contribution in [0.15, 0.2) is 48.5 Å². The largest absolute Gasteiger partial charge is 0.492 e. The van der Waals surface area contributed by atoms with Crippen molar-refractivity contribution < 1.29 is 37.3 Å². The Balaban J connectivity index is 1.99. The fourth-order valence-corrected chi connectivity index (χ4v) is 3.39. The van der Waals surface area contributed by atoms with Crippen LogP contribution in [-0.4, -0.2) is 54.4 Å². The lowest BCUT2D eigenvalue weighted by Gasteiger charge is -2.25. The van der Waals surface area contributed by atoms with E-state index in [1.165, 1.54) is 23.1 Å². The monoisotopic (exact) mass is 510 g/mol. The second kappa shape index (κ2) is 13.7. The summed E-state index contributed by atoms with van der Waals surface area (Å²) in [5.74, 6) is -0.217. The molecule has 1 atom stereocenters. The van der Waals surface area contributed by atoms with Crippen LogP contribution in [0.5, 0.6) is 5.75 Å². The normalized spacial score (nSPS) is 12.3. The Kier molecular flexibility index (Phi) is 11.0. The number of anilines is 1. The van der Waals surface area contributed by atoms with Gasteiger partial charge in [0, 0.05) is 19.6 Å². The first kappa shape index (κ1) is 29.0. The van der Waals surface area contributed by atoms with Crippen molar-refractivity contribution in [3.05, 3.63) is 59.7 Å². The Hall–Kier alpha value is -3.27. The van der Waals surface area contributed by atoms with Gasteiger partial charge in [-0.05, 0) is 49.1 Å². The summed E-state index contributed by atoms with van der Waals surface area (Å²) in [4.78, 5) is 25.5. The number of carboxylic acids is 1. The molecule has 36 heavy (non-hydrogen) atoms. The molecule has 1 unspecified atom stereocenters. The number of rotatable bonds is 13. The molecule has 2 aromatic carbocycles. The fourth-order valence-electron chi connectivity index (χ4n) is 3.39. The lowest BCUT2D eigenvalue weighted by molar-refractivity contribution is -0.150. The highest BCUT2D eigenvalue weighted by Crippen LogP contribution is 2.34. The highest BCUT2D eigenvalue weighted by molar-refractivity contribution is 5.90. The Bertz CT molecular complexity index is 980. The van der Waals surface area contributed by atoms with Gasteiger partial charge in [0.05, 0.1) is 17.8 Å². The molecule has 198 valence electrons. The van der Waals surface area contributed by atoms with Gasteiger partial charge >= 0.3 is 18.2 Å². The maximum absolute atomic E-state index is 13.3. The molecule has 0 heterocycles. The van der Waals surface area contributed by atoms with Crippen molar-refractivity contribution in [2.45, 2.75) is 45.9 Å². The number of para-hydroxylation sites is 1. The van der Waals surface area contributed by atoms with Crippen LogP contribution in [0.1, 0.15) is 38.3 Å². The van der Waals surface area contributed by atoms with E-state index in [-0.39, 0.29) is 25.3 Å². The summed E-state index contributed by atoms with van der Waals surface area (Å²) >= 11 is 0. The number of hydrogen-bond donors (Lipinski definition) is 2. The Morgan fingerprint density at radius 2 is 1.72 bits per heavy atom. The number of carbonyl (C=O) groups excluding carboxylic acids is 1. The van der Waals surface area contributed by atoms with Gasteiger partial charge in [-0.2, -0.15) is 13.2 Å². The van der Waals surface area contributed by atoms with Crippen molar-refractivity contribution in [2.75, 3.05) is 31.6 Å². The van der Waals surface area contributed by atoms with Gasteiger partial charge in [-0.3, -0.25) is 0 Å². The van der Waals surface area contributed by atoms with E-state index in [1.807, 2.05) is 13.8 Å². The lowest BCUT2D eigenvalue weighted by Crippen LogP contribution is -2.39. The molecule has 0 aliphatic carbocycles. The topological polar surface area (TPSA) is 88.1 Å². The van der Waals surface area contributed by atoms with Crippen LogP contribution in [0.2, 0.25) is 0 Å². The van der Waals surface area contributed by atoms with Crippen LogP contribution in [0, 0.1) is 5.92 Å². The number of aliphatic carboxylic acids is 1. The number of benzene rings is 2. The molecule has 2 rings (SSSR count). The van der Waals surface area contributed by atoms with E-state index in [9.17, 15) is 27.9 Å². The summed E-state index contributed by atoms with van der Waals surface area (Å²) in [5, 5.41) is 11.6. The second-order valence-corrected chi connectivity index (χ2v) is 8.62. The van der Waals surface area contributed by atoms with Crippen molar-refractivity contribution in [2.24, 2.45) is 5.92 Å². The van der Waals surface area contributed by atoms with E-state index in [4.69, 9.17) is 9.47 Å². The van der Waals surface area contributed by atoms with Crippen LogP contribution in [0.25, 0.3) is 0 Å². The van der Waals surface area contributed by atoms with E-state index < -0.39 is 29.8 Å². The fraction of sp³-hybridized carbons (Fsp3) is 0.462. The quantitative estimate of drug-likeness (QED) is 0.361. The van der Waals surface area contributed by atoms with Crippen LogP contribution in [0.4, 0.5) is 23.7 Å². The number of hydrogen-bond acceptors (Lipinski definition) is 4. The average Bonchev–Trinajstić information content (AvgIpc) is 2.81. The summed E-state index contributed by atoms with van der Waals surface area (Å²) in [6, 6.07) is 11.1. The van der Waals surface area contributed by atoms with Gasteiger partial charge in [-0.25, -0.2) is 9.59 Å². The molecule has 0 aromatic heterocycles. The van der Waals surface area contributed by atoms with Crippen LogP contribution < -0.4 is 10.1 Å². The number of ether oxygens (including phenoxy) is 2. The molecule has 2 amide bonds. The molecular formula is C26H33F3N2O5. The summed E-state index contributed by atoms with van der Waals surface area (Å²) in [5.41, 5.74) is -0.440. The van der Waals surface area contributed by atoms with Gasteiger partial charge in [0.2, 0.25) is 0 Å². The summed E-state index contributed by atoms with van der Waals surface area (Å²) in [7, 11) is 0. The predicted molar refractivity (Wildman–Crippen MR) is 130 cm³/mol. The molecule has 2 N–H and O–H groups in total. The van der Waals surface area contributed by atoms with Gasteiger partial charge in [0.15, 0.2) is 6.10 Å². The maximum Gasteiger partial charge on any atom is 0.418 e. The number of carboxylic acid groups (broad SMARTS) is 1. The van der Waals surface area contributed by atoms with Gasteiger partial charge in [0.1, 0.15) is 12.4 Å². The molecule has 0 saturated carbocycles. The molecule has 0 aliphatic rings. The van der Waals surface area contributed by atoms with Crippen molar-refractivity contribution >= 4 is 17.7 Å². The molecule has 0 radical (unpaired) electrons. The van der Waals surface area contributed by atoms with Gasteiger partial charge in [-0.15, -0.1) is 0 Å². The predicted octanol–water partition coefficient (Wildman–Crippen LogP) is 5.70. The molecule has 10 heteroatoms. The number of alkyl halides is 3.